The number of anilines is 2. The van der Waals surface area contributed by atoms with Gasteiger partial charge < -0.3 is 15.0 Å². The average Bonchev–Trinajstić information content (AvgIpc) is 2.63. The maximum atomic E-state index is 12.4. The van der Waals surface area contributed by atoms with Crippen LogP contribution in [-0.2, 0) is 9.59 Å². The molecule has 2 amide bonds. The molecule has 0 radical (unpaired) electrons. The summed E-state index contributed by atoms with van der Waals surface area (Å²) in [5, 5.41) is 2.86. The van der Waals surface area contributed by atoms with Gasteiger partial charge in [-0.3, -0.25) is 9.59 Å². The molecule has 2 aromatic rings. The molecule has 5 nitrogen and oxygen atoms in total. The van der Waals surface area contributed by atoms with Crippen molar-refractivity contribution in [3.63, 3.8) is 0 Å². The minimum absolute atomic E-state index is 0.0729. The number of carbonyl (C=O) groups excluding carboxylic acids is 2. The van der Waals surface area contributed by atoms with Gasteiger partial charge in [-0.1, -0.05) is 44.2 Å². The highest BCUT2D eigenvalue weighted by Crippen LogP contribution is 2.31. The summed E-state index contributed by atoms with van der Waals surface area (Å²) in [4.78, 5) is 26.5. The molecule has 0 bridgehead atoms. The van der Waals surface area contributed by atoms with Gasteiger partial charge in [0.05, 0.1) is 12.8 Å². The van der Waals surface area contributed by atoms with Crippen LogP contribution in [0.25, 0.3) is 0 Å². The van der Waals surface area contributed by atoms with Gasteiger partial charge in [0, 0.05) is 25.6 Å². The van der Waals surface area contributed by atoms with Gasteiger partial charge in [-0.2, -0.15) is 0 Å². The lowest BCUT2D eigenvalue weighted by Crippen LogP contribution is -2.33. The first-order valence-corrected chi connectivity index (χ1v) is 9.15. The maximum Gasteiger partial charge on any atom is 0.226 e. The number of para-hydroxylation sites is 3. The normalized spacial score (nSPS) is 10.6. The first-order valence-electron chi connectivity index (χ1n) is 9.15. The SMILES string of the molecule is COc1ccccc1NC(=O)CCN(C(C)=O)c1c(C)cccc1C(C)C. The quantitative estimate of drug-likeness (QED) is 0.782. The minimum Gasteiger partial charge on any atom is -0.495 e. The molecular weight excluding hydrogens is 340 g/mol. The van der Waals surface area contributed by atoms with Crippen LogP contribution in [-0.4, -0.2) is 25.5 Å². The fraction of sp³-hybridized carbons (Fsp3) is 0.364. The Bertz CT molecular complexity index is 815. The third-order valence-corrected chi connectivity index (χ3v) is 4.48. The van der Waals surface area contributed by atoms with E-state index in [-0.39, 0.29) is 24.2 Å². The largest absolute Gasteiger partial charge is 0.495 e. The molecule has 27 heavy (non-hydrogen) atoms. The van der Waals surface area contributed by atoms with Gasteiger partial charge in [-0.05, 0) is 36.1 Å². The van der Waals surface area contributed by atoms with Crippen molar-refractivity contribution in [3.05, 3.63) is 53.6 Å². The van der Waals surface area contributed by atoms with E-state index in [0.717, 1.165) is 16.8 Å². The van der Waals surface area contributed by atoms with Gasteiger partial charge in [-0.15, -0.1) is 0 Å². The van der Waals surface area contributed by atoms with E-state index >= 15 is 0 Å². The zero-order valence-corrected chi connectivity index (χ0v) is 16.7. The number of amides is 2. The molecule has 0 atom stereocenters. The topological polar surface area (TPSA) is 58.6 Å². The third-order valence-electron chi connectivity index (χ3n) is 4.48. The molecule has 0 unspecified atom stereocenters. The van der Waals surface area contributed by atoms with Crippen molar-refractivity contribution in [2.24, 2.45) is 0 Å². The third kappa shape index (κ3) is 5.09. The van der Waals surface area contributed by atoms with Crippen LogP contribution in [0.1, 0.15) is 44.2 Å². The highest BCUT2D eigenvalue weighted by atomic mass is 16.5. The van der Waals surface area contributed by atoms with E-state index in [2.05, 4.69) is 19.2 Å². The Morgan fingerprint density at radius 3 is 2.44 bits per heavy atom. The smallest absolute Gasteiger partial charge is 0.226 e. The van der Waals surface area contributed by atoms with E-state index in [1.165, 1.54) is 6.92 Å². The number of hydrogen-bond donors (Lipinski definition) is 1. The number of methoxy groups -OCH3 is 1. The van der Waals surface area contributed by atoms with Crippen molar-refractivity contribution in [1.29, 1.82) is 0 Å². The Kier molecular flexibility index (Phi) is 6.99. The zero-order valence-electron chi connectivity index (χ0n) is 16.7. The second kappa shape index (κ2) is 9.21. The Balaban J connectivity index is 2.16. The number of aryl methyl sites for hydroxylation is 1. The highest BCUT2D eigenvalue weighted by molar-refractivity contribution is 5.96. The van der Waals surface area contributed by atoms with Crippen LogP contribution in [0.15, 0.2) is 42.5 Å². The maximum absolute atomic E-state index is 12.4. The first-order chi connectivity index (χ1) is 12.8. The monoisotopic (exact) mass is 368 g/mol. The molecule has 2 rings (SSSR count). The van der Waals surface area contributed by atoms with E-state index in [4.69, 9.17) is 4.74 Å². The molecule has 2 aromatic carbocycles. The summed E-state index contributed by atoms with van der Waals surface area (Å²) in [6, 6.07) is 13.3. The Hall–Kier alpha value is -2.82. The molecular formula is C22H28N2O3. The van der Waals surface area contributed by atoms with Gasteiger partial charge >= 0.3 is 0 Å². The van der Waals surface area contributed by atoms with Crippen molar-refractivity contribution < 1.29 is 14.3 Å². The van der Waals surface area contributed by atoms with Gasteiger partial charge in [-0.25, -0.2) is 0 Å². The van der Waals surface area contributed by atoms with Crippen LogP contribution in [0.5, 0.6) is 5.75 Å². The second-order valence-corrected chi connectivity index (χ2v) is 6.84. The number of hydrogen-bond acceptors (Lipinski definition) is 3. The lowest BCUT2D eigenvalue weighted by Gasteiger charge is -2.27. The molecule has 0 fully saturated rings. The lowest BCUT2D eigenvalue weighted by molar-refractivity contribution is -0.117. The van der Waals surface area contributed by atoms with Crippen molar-refractivity contribution in [3.8, 4) is 5.75 Å². The molecule has 0 saturated carbocycles. The molecule has 0 aliphatic rings. The molecule has 0 aliphatic heterocycles. The lowest BCUT2D eigenvalue weighted by atomic mass is 9.97. The van der Waals surface area contributed by atoms with E-state index in [1.54, 1.807) is 24.1 Å². The molecule has 1 N–H and O–H groups in total. The average molecular weight is 368 g/mol. The fourth-order valence-corrected chi connectivity index (χ4v) is 3.12. The predicted octanol–water partition coefficient (Wildman–Crippen LogP) is 4.51. The zero-order chi connectivity index (χ0) is 20.0. The van der Waals surface area contributed by atoms with Gasteiger partial charge in [0.25, 0.3) is 0 Å². The van der Waals surface area contributed by atoms with Crippen molar-refractivity contribution in [2.45, 2.75) is 40.0 Å². The van der Waals surface area contributed by atoms with Crippen molar-refractivity contribution in [1.82, 2.24) is 0 Å². The van der Waals surface area contributed by atoms with E-state index in [0.29, 0.717) is 18.0 Å². The number of benzene rings is 2. The van der Waals surface area contributed by atoms with Gasteiger partial charge in [0.2, 0.25) is 11.8 Å². The number of nitrogens with zero attached hydrogens (tertiary/aromatic N) is 1. The summed E-state index contributed by atoms with van der Waals surface area (Å²) in [7, 11) is 1.56. The summed E-state index contributed by atoms with van der Waals surface area (Å²) in [6.45, 7) is 8.05. The predicted molar refractivity (Wildman–Crippen MR) is 110 cm³/mol. The molecule has 0 aliphatic carbocycles. The number of carbonyl (C=O) groups is 2. The number of rotatable bonds is 7. The highest BCUT2D eigenvalue weighted by Gasteiger charge is 2.20. The molecule has 0 heterocycles. The summed E-state index contributed by atoms with van der Waals surface area (Å²) >= 11 is 0. The summed E-state index contributed by atoms with van der Waals surface area (Å²) in [6.07, 6.45) is 0.198. The van der Waals surface area contributed by atoms with Crippen LogP contribution in [0.3, 0.4) is 0 Å². The van der Waals surface area contributed by atoms with Crippen LogP contribution < -0.4 is 15.0 Å². The van der Waals surface area contributed by atoms with Crippen molar-refractivity contribution >= 4 is 23.2 Å². The van der Waals surface area contributed by atoms with Crippen molar-refractivity contribution in [2.75, 3.05) is 23.9 Å². The molecule has 0 spiro atoms. The first kappa shape index (κ1) is 20.5. The summed E-state index contributed by atoms with van der Waals surface area (Å²) in [5.74, 6) is 0.654. The number of nitrogens with one attached hydrogen (secondary N) is 1. The standard InChI is InChI=1S/C22H28N2O3/c1-15(2)18-10-8-9-16(3)22(18)24(17(4)25)14-13-21(26)23-19-11-6-7-12-20(19)27-5/h6-12,15H,13-14H2,1-5H3,(H,23,26). The number of ether oxygens (including phenoxy) is 1. The van der Waals surface area contributed by atoms with E-state index < -0.39 is 0 Å². The van der Waals surface area contributed by atoms with E-state index in [9.17, 15) is 9.59 Å². The van der Waals surface area contributed by atoms with E-state index in [1.807, 2.05) is 37.3 Å². The molecule has 0 aromatic heterocycles. The summed E-state index contributed by atoms with van der Waals surface area (Å²) < 4.78 is 5.26. The molecule has 144 valence electrons. The van der Waals surface area contributed by atoms with Gasteiger partial charge in [0.1, 0.15) is 5.75 Å². The fourth-order valence-electron chi connectivity index (χ4n) is 3.12. The van der Waals surface area contributed by atoms with Crippen LogP contribution in [0.2, 0.25) is 0 Å². The minimum atomic E-state index is -0.162. The van der Waals surface area contributed by atoms with Gasteiger partial charge in [0.15, 0.2) is 0 Å². The Morgan fingerprint density at radius 1 is 1.11 bits per heavy atom. The Labute approximate surface area is 161 Å². The van der Waals surface area contributed by atoms with Crippen LogP contribution >= 0.6 is 0 Å². The summed E-state index contributed by atoms with van der Waals surface area (Å²) in [5.41, 5.74) is 3.67. The molecule has 0 saturated heterocycles. The van der Waals surface area contributed by atoms with Crippen LogP contribution in [0, 0.1) is 6.92 Å². The second-order valence-electron chi connectivity index (χ2n) is 6.84. The Morgan fingerprint density at radius 2 is 1.81 bits per heavy atom. The van der Waals surface area contributed by atoms with Crippen LogP contribution in [0.4, 0.5) is 11.4 Å². The molecule has 5 heteroatoms.